The zero-order chi connectivity index (χ0) is 16.5. The Labute approximate surface area is 130 Å². The standard InChI is InChI=1S/C17H23NO4/c1-17(2,3)13-10-12(4-5-14(13)19)15(20)18-8-6-11(7-9-18)16(21)22/h4-5,10-11,19H,6-9H2,1-3H3,(H,21,22). The van der Waals surface area contributed by atoms with Crippen LogP contribution in [0, 0.1) is 5.92 Å². The predicted molar refractivity (Wildman–Crippen MR) is 83.1 cm³/mol. The van der Waals surface area contributed by atoms with Crippen LogP contribution in [0.15, 0.2) is 18.2 Å². The lowest BCUT2D eigenvalue weighted by Gasteiger charge is -2.30. The highest BCUT2D eigenvalue weighted by atomic mass is 16.4. The van der Waals surface area contributed by atoms with Gasteiger partial charge >= 0.3 is 5.97 Å². The molecule has 0 aliphatic carbocycles. The second kappa shape index (κ2) is 5.99. The van der Waals surface area contributed by atoms with Gasteiger partial charge in [-0.25, -0.2) is 0 Å². The molecule has 1 aromatic rings. The number of carboxylic acids is 1. The molecule has 1 fully saturated rings. The number of nitrogens with zero attached hydrogens (tertiary/aromatic N) is 1. The number of phenolic OH excluding ortho intramolecular Hbond substituents is 1. The molecule has 1 saturated heterocycles. The number of rotatable bonds is 2. The van der Waals surface area contributed by atoms with E-state index in [1.807, 2.05) is 20.8 Å². The molecule has 1 heterocycles. The highest BCUT2D eigenvalue weighted by Gasteiger charge is 2.28. The van der Waals surface area contributed by atoms with E-state index in [0.29, 0.717) is 31.5 Å². The first-order valence-corrected chi connectivity index (χ1v) is 7.55. The highest BCUT2D eigenvalue weighted by Crippen LogP contribution is 2.31. The molecule has 0 unspecified atom stereocenters. The molecule has 1 aromatic carbocycles. The lowest BCUT2D eigenvalue weighted by Crippen LogP contribution is -2.40. The third-order valence-electron chi connectivity index (χ3n) is 4.18. The SMILES string of the molecule is CC(C)(C)c1cc(C(=O)N2CCC(C(=O)O)CC2)ccc1O. The maximum Gasteiger partial charge on any atom is 0.306 e. The summed E-state index contributed by atoms with van der Waals surface area (Å²) in [5.74, 6) is -1.05. The van der Waals surface area contributed by atoms with Crippen molar-refractivity contribution in [1.29, 1.82) is 0 Å². The van der Waals surface area contributed by atoms with Gasteiger partial charge in [0.2, 0.25) is 0 Å². The smallest absolute Gasteiger partial charge is 0.306 e. The predicted octanol–water partition coefficient (Wildman–Crippen LogP) is 2.63. The van der Waals surface area contributed by atoms with Crippen LogP contribution in [0.1, 0.15) is 49.5 Å². The Morgan fingerprint density at radius 3 is 2.27 bits per heavy atom. The number of carbonyl (C=O) groups excluding carboxylic acids is 1. The third kappa shape index (κ3) is 3.40. The number of carbonyl (C=O) groups is 2. The van der Waals surface area contributed by atoms with E-state index in [0.717, 1.165) is 5.56 Å². The topological polar surface area (TPSA) is 77.8 Å². The van der Waals surface area contributed by atoms with E-state index in [1.54, 1.807) is 23.1 Å². The molecule has 1 amide bonds. The lowest BCUT2D eigenvalue weighted by atomic mass is 9.85. The van der Waals surface area contributed by atoms with Crippen LogP contribution in [0.5, 0.6) is 5.75 Å². The Morgan fingerprint density at radius 1 is 1.18 bits per heavy atom. The van der Waals surface area contributed by atoms with Crippen LogP contribution >= 0.6 is 0 Å². The van der Waals surface area contributed by atoms with Crippen molar-refractivity contribution >= 4 is 11.9 Å². The zero-order valence-electron chi connectivity index (χ0n) is 13.3. The summed E-state index contributed by atoms with van der Waals surface area (Å²) in [6, 6.07) is 4.91. The van der Waals surface area contributed by atoms with Crippen LogP contribution < -0.4 is 0 Å². The van der Waals surface area contributed by atoms with Crippen LogP contribution in [0.3, 0.4) is 0 Å². The number of hydrogen-bond donors (Lipinski definition) is 2. The monoisotopic (exact) mass is 305 g/mol. The Hall–Kier alpha value is -2.04. The summed E-state index contributed by atoms with van der Waals surface area (Å²) in [6.45, 7) is 6.86. The second-order valence-corrected chi connectivity index (χ2v) is 6.89. The summed E-state index contributed by atoms with van der Waals surface area (Å²) < 4.78 is 0. The minimum absolute atomic E-state index is 0.102. The van der Waals surface area contributed by atoms with Crippen molar-refractivity contribution in [3.63, 3.8) is 0 Å². The summed E-state index contributed by atoms with van der Waals surface area (Å²) in [6.07, 6.45) is 0.983. The fraction of sp³-hybridized carbons (Fsp3) is 0.529. The van der Waals surface area contributed by atoms with Gasteiger partial charge in [0, 0.05) is 24.2 Å². The van der Waals surface area contributed by atoms with Gasteiger partial charge in [0.1, 0.15) is 5.75 Å². The molecule has 1 aliphatic rings. The normalized spacial score (nSPS) is 16.6. The van der Waals surface area contributed by atoms with Gasteiger partial charge in [-0.1, -0.05) is 20.8 Å². The van der Waals surface area contributed by atoms with Gasteiger partial charge in [0.05, 0.1) is 5.92 Å². The lowest BCUT2D eigenvalue weighted by molar-refractivity contribution is -0.143. The molecular formula is C17H23NO4. The van der Waals surface area contributed by atoms with Crippen LogP contribution in [-0.4, -0.2) is 40.1 Å². The zero-order valence-corrected chi connectivity index (χ0v) is 13.3. The molecule has 22 heavy (non-hydrogen) atoms. The van der Waals surface area contributed by atoms with Gasteiger partial charge in [0.25, 0.3) is 5.91 Å². The average molecular weight is 305 g/mol. The van der Waals surface area contributed by atoms with Crippen molar-refractivity contribution in [2.24, 2.45) is 5.92 Å². The Balaban J connectivity index is 2.16. The van der Waals surface area contributed by atoms with Crippen molar-refractivity contribution < 1.29 is 19.8 Å². The van der Waals surface area contributed by atoms with Gasteiger partial charge in [-0.2, -0.15) is 0 Å². The minimum Gasteiger partial charge on any atom is -0.508 e. The molecule has 120 valence electrons. The quantitative estimate of drug-likeness (QED) is 0.880. The molecule has 0 aromatic heterocycles. The summed E-state index contributed by atoms with van der Waals surface area (Å²) in [4.78, 5) is 25.2. The summed E-state index contributed by atoms with van der Waals surface area (Å²) >= 11 is 0. The van der Waals surface area contributed by atoms with Crippen LogP contribution in [0.2, 0.25) is 0 Å². The largest absolute Gasteiger partial charge is 0.508 e. The second-order valence-electron chi connectivity index (χ2n) is 6.89. The number of hydrogen-bond acceptors (Lipinski definition) is 3. The Bertz CT molecular complexity index is 581. The molecule has 2 rings (SSSR count). The van der Waals surface area contributed by atoms with E-state index in [1.165, 1.54) is 0 Å². The van der Waals surface area contributed by atoms with Gasteiger partial charge in [-0.3, -0.25) is 9.59 Å². The highest BCUT2D eigenvalue weighted by molar-refractivity contribution is 5.94. The molecule has 2 N–H and O–H groups in total. The van der Waals surface area contributed by atoms with Crippen molar-refractivity contribution in [2.75, 3.05) is 13.1 Å². The molecular weight excluding hydrogens is 282 g/mol. The van der Waals surface area contributed by atoms with E-state index >= 15 is 0 Å². The molecule has 0 radical (unpaired) electrons. The van der Waals surface area contributed by atoms with Crippen LogP contribution in [0.25, 0.3) is 0 Å². The van der Waals surface area contributed by atoms with E-state index in [2.05, 4.69) is 0 Å². The van der Waals surface area contributed by atoms with Gasteiger partial charge in [0.15, 0.2) is 0 Å². The fourth-order valence-corrected chi connectivity index (χ4v) is 2.78. The van der Waals surface area contributed by atoms with Gasteiger partial charge < -0.3 is 15.1 Å². The van der Waals surface area contributed by atoms with E-state index in [-0.39, 0.29) is 23.0 Å². The Kier molecular flexibility index (Phi) is 4.44. The van der Waals surface area contributed by atoms with Gasteiger partial charge in [-0.15, -0.1) is 0 Å². The molecule has 5 nitrogen and oxygen atoms in total. The molecule has 0 saturated carbocycles. The number of carboxylic acid groups (broad SMARTS) is 1. The molecule has 0 atom stereocenters. The van der Waals surface area contributed by atoms with Crippen molar-refractivity contribution in [3.8, 4) is 5.75 Å². The first kappa shape index (κ1) is 16.3. The number of likely N-dealkylation sites (tertiary alicyclic amines) is 1. The van der Waals surface area contributed by atoms with Crippen molar-refractivity contribution in [1.82, 2.24) is 4.90 Å². The summed E-state index contributed by atoms with van der Waals surface area (Å²) in [7, 11) is 0. The minimum atomic E-state index is -0.785. The van der Waals surface area contributed by atoms with Crippen molar-refractivity contribution in [3.05, 3.63) is 29.3 Å². The third-order valence-corrected chi connectivity index (χ3v) is 4.18. The summed E-state index contributed by atoms with van der Waals surface area (Å²) in [5.41, 5.74) is 1.02. The molecule has 0 spiro atoms. The number of benzene rings is 1. The fourth-order valence-electron chi connectivity index (χ4n) is 2.78. The van der Waals surface area contributed by atoms with Crippen molar-refractivity contribution in [2.45, 2.75) is 39.0 Å². The number of amides is 1. The van der Waals surface area contributed by atoms with E-state index in [9.17, 15) is 14.7 Å². The number of aliphatic carboxylic acids is 1. The van der Waals surface area contributed by atoms with Crippen LogP contribution in [0.4, 0.5) is 0 Å². The maximum atomic E-state index is 12.6. The average Bonchev–Trinajstić information content (AvgIpc) is 2.46. The summed E-state index contributed by atoms with van der Waals surface area (Å²) in [5, 5.41) is 19.0. The van der Waals surface area contributed by atoms with E-state index < -0.39 is 5.97 Å². The maximum absolute atomic E-state index is 12.6. The molecule has 5 heteroatoms. The number of aromatic hydroxyl groups is 1. The van der Waals surface area contributed by atoms with Crippen LogP contribution in [-0.2, 0) is 10.2 Å². The number of phenols is 1. The number of piperidine rings is 1. The first-order chi connectivity index (χ1) is 10.2. The molecule has 1 aliphatic heterocycles. The first-order valence-electron chi connectivity index (χ1n) is 7.55. The Morgan fingerprint density at radius 2 is 1.77 bits per heavy atom. The van der Waals surface area contributed by atoms with E-state index in [4.69, 9.17) is 5.11 Å². The molecule has 0 bridgehead atoms. The van der Waals surface area contributed by atoms with Gasteiger partial charge in [-0.05, 0) is 36.5 Å².